The molecule has 118 valence electrons. The van der Waals surface area contributed by atoms with E-state index in [0.717, 1.165) is 18.4 Å². The summed E-state index contributed by atoms with van der Waals surface area (Å²) in [5.41, 5.74) is 0. The van der Waals surface area contributed by atoms with Crippen molar-refractivity contribution in [2.45, 2.75) is 65.5 Å². The van der Waals surface area contributed by atoms with Crippen LogP contribution in [0, 0.1) is 5.92 Å². The maximum Gasteiger partial charge on any atom is 0.191 e. The second kappa shape index (κ2) is 9.22. The maximum atomic E-state index is 4.36. The van der Waals surface area contributed by atoms with Crippen molar-refractivity contribution < 1.29 is 0 Å². The first kappa shape index (κ1) is 17.3. The van der Waals surface area contributed by atoms with Crippen molar-refractivity contribution in [2.24, 2.45) is 10.9 Å². The van der Waals surface area contributed by atoms with Gasteiger partial charge in [0.15, 0.2) is 5.96 Å². The van der Waals surface area contributed by atoms with E-state index in [2.05, 4.69) is 48.2 Å². The predicted octanol–water partition coefficient (Wildman–Crippen LogP) is 2.46. The first-order valence-electron chi connectivity index (χ1n) is 8.31. The zero-order valence-corrected chi connectivity index (χ0v) is 14.1. The lowest BCUT2D eigenvalue weighted by Crippen LogP contribution is -2.50. The van der Waals surface area contributed by atoms with Gasteiger partial charge in [0.25, 0.3) is 0 Å². The summed E-state index contributed by atoms with van der Waals surface area (Å²) in [6.07, 6.45) is 4.88. The van der Waals surface area contributed by atoms with Crippen molar-refractivity contribution in [3.05, 3.63) is 0 Å². The van der Waals surface area contributed by atoms with E-state index in [0.29, 0.717) is 12.1 Å². The van der Waals surface area contributed by atoms with Crippen molar-refractivity contribution >= 4 is 5.96 Å². The van der Waals surface area contributed by atoms with Gasteiger partial charge in [-0.2, -0.15) is 0 Å². The molecule has 0 aromatic heterocycles. The number of guanidine groups is 1. The zero-order valence-electron chi connectivity index (χ0n) is 14.1. The minimum absolute atomic E-state index is 0.568. The number of likely N-dealkylation sites (tertiary alicyclic amines) is 1. The molecule has 1 rings (SSSR count). The molecule has 0 aliphatic carbocycles. The molecule has 0 atom stereocenters. The Labute approximate surface area is 125 Å². The number of aliphatic imine (C=N–C) groups is 1. The van der Waals surface area contributed by atoms with Crippen LogP contribution in [0.2, 0.25) is 0 Å². The van der Waals surface area contributed by atoms with Gasteiger partial charge in [0, 0.05) is 38.8 Å². The molecule has 20 heavy (non-hydrogen) atoms. The summed E-state index contributed by atoms with van der Waals surface area (Å²) in [4.78, 5) is 6.91. The molecule has 0 bridgehead atoms. The molecule has 0 saturated carbocycles. The monoisotopic (exact) mass is 282 g/mol. The fourth-order valence-corrected chi connectivity index (χ4v) is 2.77. The molecule has 1 saturated heterocycles. The van der Waals surface area contributed by atoms with Crippen LogP contribution in [0.4, 0.5) is 0 Å². The summed E-state index contributed by atoms with van der Waals surface area (Å²) >= 11 is 0. The van der Waals surface area contributed by atoms with E-state index >= 15 is 0 Å². The van der Waals surface area contributed by atoms with E-state index in [-0.39, 0.29) is 0 Å². The lowest BCUT2D eigenvalue weighted by atomic mass is 10.0. The average Bonchev–Trinajstić information content (AvgIpc) is 2.47. The molecule has 0 aromatic carbocycles. The fraction of sp³-hybridized carbons (Fsp3) is 0.938. The third-order valence-corrected chi connectivity index (χ3v) is 4.54. The summed E-state index contributed by atoms with van der Waals surface area (Å²) in [5.74, 6) is 1.72. The predicted molar refractivity (Wildman–Crippen MR) is 88.3 cm³/mol. The van der Waals surface area contributed by atoms with Gasteiger partial charge in [0.2, 0.25) is 0 Å². The largest absolute Gasteiger partial charge is 0.356 e. The smallest absolute Gasteiger partial charge is 0.191 e. The van der Waals surface area contributed by atoms with Crippen molar-refractivity contribution in [2.75, 3.05) is 26.7 Å². The molecule has 1 heterocycles. The van der Waals surface area contributed by atoms with Crippen LogP contribution in [-0.4, -0.2) is 49.6 Å². The Bertz CT molecular complexity index is 276. The van der Waals surface area contributed by atoms with Gasteiger partial charge in [-0.1, -0.05) is 26.7 Å². The Hall–Kier alpha value is -0.770. The van der Waals surface area contributed by atoms with Crippen LogP contribution in [-0.2, 0) is 0 Å². The molecule has 1 aliphatic rings. The normalized spacial score (nSPS) is 18.9. The van der Waals surface area contributed by atoms with Crippen molar-refractivity contribution in [1.82, 2.24) is 15.5 Å². The lowest BCUT2D eigenvalue weighted by molar-refractivity contribution is 0.167. The molecule has 2 N–H and O–H groups in total. The Balaban J connectivity index is 2.31. The van der Waals surface area contributed by atoms with Crippen molar-refractivity contribution in [3.63, 3.8) is 0 Å². The van der Waals surface area contributed by atoms with Gasteiger partial charge in [0.05, 0.1) is 0 Å². The highest BCUT2D eigenvalue weighted by atomic mass is 15.2. The molecule has 0 unspecified atom stereocenters. The Morgan fingerprint density at radius 3 is 2.25 bits per heavy atom. The first-order chi connectivity index (χ1) is 9.60. The summed E-state index contributed by atoms with van der Waals surface area (Å²) in [6.45, 7) is 12.5. The first-order valence-corrected chi connectivity index (χ1v) is 8.31. The molecule has 4 nitrogen and oxygen atoms in total. The van der Waals surface area contributed by atoms with Crippen molar-refractivity contribution in [1.29, 1.82) is 0 Å². The fourth-order valence-electron chi connectivity index (χ4n) is 2.77. The second-order valence-corrected chi connectivity index (χ2v) is 6.18. The van der Waals surface area contributed by atoms with Crippen LogP contribution in [0.1, 0.15) is 53.4 Å². The third kappa shape index (κ3) is 5.70. The lowest BCUT2D eigenvalue weighted by Gasteiger charge is -2.35. The molecule has 1 fully saturated rings. The number of rotatable bonds is 6. The van der Waals surface area contributed by atoms with Crippen LogP contribution in [0.5, 0.6) is 0 Å². The van der Waals surface area contributed by atoms with Gasteiger partial charge in [-0.25, -0.2) is 0 Å². The molecule has 0 spiro atoms. The molecule has 4 heteroatoms. The van der Waals surface area contributed by atoms with E-state index in [1.165, 1.54) is 38.8 Å². The molecular weight excluding hydrogens is 248 g/mol. The number of nitrogens with one attached hydrogen (secondary N) is 2. The number of piperidine rings is 1. The Morgan fingerprint density at radius 2 is 1.80 bits per heavy atom. The topological polar surface area (TPSA) is 39.7 Å². The quantitative estimate of drug-likeness (QED) is 0.581. The van der Waals surface area contributed by atoms with Crippen LogP contribution in [0.15, 0.2) is 4.99 Å². The number of hydrogen-bond donors (Lipinski definition) is 2. The molecule has 0 amide bonds. The SMILES string of the molecule is CCC(CC)CNC(=NC)NC1CCN(C(C)C)CC1. The van der Waals surface area contributed by atoms with Crippen LogP contribution < -0.4 is 10.6 Å². The molecule has 1 aliphatic heterocycles. The van der Waals surface area contributed by atoms with Gasteiger partial charge < -0.3 is 15.5 Å². The standard InChI is InChI=1S/C16H34N4/c1-6-14(7-2)12-18-16(17-5)19-15-8-10-20(11-9-15)13(3)4/h13-15H,6-12H2,1-5H3,(H2,17,18,19). The second-order valence-electron chi connectivity index (χ2n) is 6.18. The average molecular weight is 282 g/mol. The van der Waals surface area contributed by atoms with Gasteiger partial charge in [-0.05, 0) is 32.6 Å². The van der Waals surface area contributed by atoms with Gasteiger partial charge in [-0.3, -0.25) is 4.99 Å². The van der Waals surface area contributed by atoms with Gasteiger partial charge in [0.1, 0.15) is 0 Å². The Kier molecular flexibility index (Phi) is 7.97. The zero-order chi connectivity index (χ0) is 15.0. The highest BCUT2D eigenvalue weighted by molar-refractivity contribution is 5.79. The summed E-state index contributed by atoms with van der Waals surface area (Å²) in [5, 5.41) is 7.06. The van der Waals surface area contributed by atoms with E-state index in [1.807, 2.05) is 7.05 Å². The highest BCUT2D eigenvalue weighted by Crippen LogP contribution is 2.12. The van der Waals surface area contributed by atoms with Crippen LogP contribution in [0.3, 0.4) is 0 Å². The highest BCUT2D eigenvalue weighted by Gasteiger charge is 2.21. The maximum absolute atomic E-state index is 4.36. The third-order valence-electron chi connectivity index (χ3n) is 4.54. The number of nitrogens with zero attached hydrogens (tertiary/aromatic N) is 2. The van der Waals surface area contributed by atoms with E-state index in [4.69, 9.17) is 0 Å². The van der Waals surface area contributed by atoms with Gasteiger partial charge >= 0.3 is 0 Å². The van der Waals surface area contributed by atoms with Crippen LogP contribution in [0.25, 0.3) is 0 Å². The van der Waals surface area contributed by atoms with Crippen LogP contribution >= 0.6 is 0 Å². The molecular formula is C16H34N4. The molecule has 0 radical (unpaired) electrons. The Morgan fingerprint density at radius 1 is 1.20 bits per heavy atom. The number of hydrogen-bond acceptors (Lipinski definition) is 2. The minimum Gasteiger partial charge on any atom is -0.356 e. The van der Waals surface area contributed by atoms with Gasteiger partial charge in [-0.15, -0.1) is 0 Å². The molecule has 0 aromatic rings. The van der Waals surface area contributed by atoms with E-state index in [9.17, 15) is 0 Å². The summed E-state index contributed by atoms with van der Waals surface area (Å²) in [7, 11) is 1.87. The van der Waals surface area contributed by atoms with E-state index < -0.39 is 0 Å². The summed E-state index contributed by atoms with van der Waals surface area (Å²) in [6, 6.07) is 1.24. The minimum atomic E-state index is 0.568. The summed E-state index contributed by atoms with van der Waals surface area (Å²) < 4.78 is 0. The van der Waals surface area contributed by atoms with E-state index in [1.54, 1.807) is 0 Å². The van der Waals surface area contributed by atoms with Crippen molar-refractivity contribution in [3.8, 4) is 0 Å².